The second-order valence-electron chi connectivity index (χ2n) is 2.88. The fourth-order valence-electron chi connectivity index (χ4n) is 1.19. The summed E-state index contributed by atoms with van der Waals surface area (Å²) >= 11 is 6.01. The Bertz CT molecular complexity index is 458. The first-order valence-corrected chi connectivity index (χ1v) is 4.80. The third-order valence-corrected chi connectivity index (χ3v) is 2.18. The Morgan fingerprint density at radius 1 is 1.33 bits per heavy atom. The van der Waals surface area contributed by atoms with Crippen LogP contribution < -0.4 is 5.32 Å². The summed E-state index contributed by atoms with van der Waals surface area (Å²) in [5.41, 5.74) is 1.56. The molecule has 0 atom stereocenters. The molecular weight excluding hydrogens is 212 g/mol. The van der Waals surface area contributed by atoms with Crippen LogP contribution >= 0.6 is 11.6 Å². The van der Waals surface area contributed by atoms with E-state index in [0.29, 0.717) is 16.7 Å². The Hall–Kier alpha value is -1.68. The zero-order valence-electron chi connectivity index (χ0n) is 8.11. The van der Waals surface area contributed by atoms with Crippen LogP contribution in [0.25, 0.3) is 11.3 Å². The highest BCUT2D eigenvalue weighted by atomic mass is 35.5. The number of aromatic nitrogens is 3. The van der Waals surface area contributed by atoms with Crippen LogP contribution in [0.1, 0.15) is 0 Å². The molecule has 0 aliphatic heterocycles. The molecule has 0 aliphatic rings. The molecule has 0 radical (unpaired) electrons. The molecule has 4 nitrogen and oxygen atoms in total. The zero-order valence-corrected chi connectivity index (χ0v) is 8.86. The van der Waals surface area contributed by atoms with Crippen molar-refractivity contribution < 1.29 is 0 Å². The first kappa shape index (κ1) is 9.86. The Kier molecular flexibility index (Phi) is 2.78. The fourth-order valence-corrected chi connectivity index (χ4v) is 1.39. The molecule has 0 aliphatic carbocycles. The van der Waals surface area contributed by atoms with Gasteiger partial charge in [-0.1, -0.05) is 11.6 Å². The minimum atomic E-state index is 0.516. The summed E-state index contributed by atoms with van der Waals surface area (Å²) in [5.74, 6) is 0.540. The van der Waals surface area contributed by atoms with Crippen LogP contribution in [0.3, 0.4) is 0 Å². The summed E-state index contributed by atoms with van der Waals surface area (Å²) < 4.78 is 0. The van der Waals surface area contributed by atoms with E-state index in [0.717, 1.165) is 5.56 Å². The minimum Gasteiger partial charge on any atom is -0.357 e. The van der Waals surface area contributed by atoms with Gasteiger partial charge in [-0.2, -0.15) is 0 Å². The molecule has 5 heteroatoms. The van der Waals surface area contributed by atoms with Gasteiger partial charge in [0, 0.05) is 25.0 Å². The van der Waals surface area contributed by atoms with E-state index in [1.54, 1.807) is 25.6 Å². The van der Waals surface area contributed by atoms with Crippen LogP contribution in [0.2, 0.25) is 5.02 Å². The third-order valence-electron chi connectivity index (χ3n) is 1.90. The van der Waals surface area contributed by atoms with Crippen molar-refractivity contribution in [1.82, 2.24) is 15.0 Å². The van der Waals surface area contributed by atoms with Gasteiger partial charge >= 0.3 is 0 Å². The highest BCUT2D eigenvalue weighted by molar-refractivity contribution is 6.32. The van der Waals surface area contributed by atoms with Crippen molar-refractivity contribution in [3.63, 3.8) is 0 Å². The number of hydrogen-bond donors (Lipinski definition) is 1. The van der Waals surface area contributed by atoms with Crippen LogP contribution in [-0.4, -0.2) is 22.0 Å². The summed E-state index contributed by atoms with van der Waals surface area (Å²) in [6.45, 7) is 0. The van der Waals surface area contributed by atoms with Crippen LogP contribution in [0.15, 0.2) is 30.7 Å². The second-order valence-corrected chi connectivity index (χ2v) is 3.29. The minimum absolute atomic E-state index is 0.516. The summed E-state index contributed by atoms with van der Waals surface area (Å²) in [7, 11) is 1.76. The maximum atomic E-state index is 6.01. The van der Waals surface area contributed by atoms with Gasteiger partial charge in [-0.15, -0.1) is 0 Å². The maximum Gasteiger partial charge on any atom is 0.223 e. The lowest BCUT2D eigenvalue weighted by atomic mass is 10.2. The molecule has 2 aromatic rings. The van der Waals surface area contributed by atoms with E-state index < -0.39 is 0 Å². The van der Waals surface area contributed by atoms with E-state index >= 15 is 0 Å². The summed E-state index contributed by atoms with van der Waals surface area (Å²) in [6, 6.07) is 3.74. The van der Waals surface area contributed by atoms with Crippen molar-refractivity contribution in [2.75, 3.05) is 12.4 Å². The molecule has 2 rings (SSSR count). The lowest BCUT2D eigenvalue weighted by Gasteiger charge is -2.04. The summed E-state index contributed by atoms with van der Waals surface area (Å²) in [4.78, 5) is 12.3. The molecule has 0 aromatic carbocycles. The largest absolute Gasteiger partial charge is 0.357 e. The summed E-state index contributed by atoms with van der Waals surface area (Å²) in [5, 5.41) is 3.38. The van der Waals surface area contributed by atoms with Gasteiger partial charge in [0.05, 0.1) is 16.9 Å². The Balaban J connectivity index is 2.52. The number of hydrogen-bond acceptors (Lipinski definition) is 4. The van der Waals surface area contributed by atoms with Crippen LogP contribution in [0.5, 0.6) is 0 Å². The average molecular weight is 221 g/mol. The number of halogens is 1. The topological polar surface area (TPSA) is 50.7 Å². The van der Waals surface area contributed by atoms with Gasteiger partial charge in [-0.05, 0) is 12.1 Å². The van der Waals surface area contributed by atoms with Crippen molar-refractivity contribution in [2.45, 2.75) is 0 Å². The molecule has 0 spiro atoms. The van der Waals surface area contributed by atoms with Crippen molar-refractivity contribution >= 4 is 17.5 Å². The first-order chi connectivity index (χ1) is 7.31. The van der Waals surface area contributed by atoms with Gasteiger partial charge < -0.3 is 5.32 Å². The number of anilines is 1. The Morgan fingerprint density at radius 3 is 2.87 bits per heavy atom. The van der Waals surface area contributed by atoms with Gasteiger partial charge in [0.25, 0.3) is 0 Å². The van der Waals surface area contributed by atoms with E-state index in [9.17, 15) is 0 Å². The first-order valence-electron chi connectivity index (χ1n) is 4.42. The highest BCUT2D eigenvalue weighted by Gasteiger charge is 2.06. The molecule has 0 amide bonds. The average Bonchev–Trinajstić information content (AvgIpc) is 2.31. The Labute approximate surface area is 92.4 Å². The molecule has 15 heavy (non-hydrogen) atoms. The number of nitrogens with one attached hydrogen (secondary N) is 1. The molecule has 2 aromatic heterocycles. The summed E-state index contributed by atoms with van der Waals surface area (Å²) in [6.07, 6.45) is 4.99. The molecule has 0 saturated carbocycles. The predicted octanol–water partition coefficient (Wildman–Crippen LogP) is 2.23. The standard InChI is InChI=1S/C10H9ClN4/c1-12-10-14-6-8(11)9(15-10)7-3-2-4-13-5-7/h2-6H,1H3,(H,12,14,15). The van der Waals surface area contributed by atoms with Crippen molar-refractivity contribution in [3.05, 3.63) is 35.7 Å². The van der Waals surface area contributed by atoms with Gasteiger partial charge in [0.15, 0.2) is 0 Å². The van der Waals surface area contributed by atoms with E-state index in [1.165, 1.54) is 0 Å². The second kappa shape index (κ2) is 4.23. The molecule has 0 saturated heterocycles. The van der Waals surface area contributed by atoms with E-state index in [2.05, 4.69) is 20.3 Å². The fraction of sp³-hybridized carbons (Fsp3) is 0.100. The van der Waals surface area contributed by atoms with E-state index in [1.807, 2.05) is 12.1 Å². The van der Waals surface area contributed by atoms with Crippen LogP contribution in [0, 0.1) is 0 Å². The van der Waals surface area contributed by atoms with Gasteiger partial charge in [-0.3, -0.25) is 4.98 Å². The molecular formula is C10H9ClN4. The maximum absolute atomic E-state index is 6.01. The van der Waals surface area contributed by atoms with Crippen molar-refractivity contribution in [3.8, 4) is 11.3 Å². The number of rotatable bonds is 2. The zero-order chi connectivity index (χ0) is 10.7. The third kappa shape index (κ3) is 2.05. The van der Waals surface area contributed by atoms with Crippen LogP contribution in [-0.2, 0) is 0 Å². The van der Waals surface area contributed by atoms with Gasteiger partial charge in [0.1, 0.15) is 0 Å². The molecule has 76 valence electrons. The molecule has 0 unspecified atom stereocenters. The lowest BCUT2D eigenvalue weighted by Crippen LogP contribution is -1.97. The predicted molar refractivity (Wildman–Crippen MR) is 59.8 cm³/mol. The molecule has 0 bridgehead atoms. The molecule has 0 fully saturated rings. The van der Waals surface area contributed by atoms with E-state index in [-0.39, 0.29) is 0 Å². The molecule has 1 N–H and O–H groups in total. The monoisotopic (exact) mass is 220 g/mol. The van der Waals surface area contributed by atoms with E-state index in [4.69, 9.17) is 11.6 Å². The normalized spacial score (nSPS) is 10.0. The van der Waals surface area contributed by atoms with Crippen LogP contribution in [0.4, 0.5) is 5.95 Å². The van der Waals surface area contributed by atoms with Crippen molar-refractivity contribution in [1.29, 1.82) is 0 Å². The lowest BCUT2D eigenvalue weighted by molar-refractivity contribution is 1.15. The molecule has 2 heterocycles. The smallest absolute Gasteiger partial charge is 0.223 e. The van der Waals surface area contributed by atoms with Gasteiger partial charge in [-0.25, -0.2) is 9.97 Å². The number of pyridine rings is 1. The Morgan fingerprint density at radius 2 is 2.20 bits per heavy atom. The SMILES string of the molecule is CNc1ncc(Cl)c(-c2cccnc2)n1. The highest BCUT2D eigenvalue weighted by Crippen LogP contribution is 2.24. The quantitative estimate of drug-likeness (QED) is 0.843. The number of nitrogens with zero attached hydrogens (tertiary/aromatic N) is 3. The van der Waals surface area contributed by atoms with Gasteiger partial charge in [0.2, 0.25) is 5.95 Å². The van der Waals surface area contributed by atoms with Crippen molar-refractivity contribution in [2.24, 2.45) is 0 Å².